The normalized spacial score (nSPS) is 32.2. The predicted octanol–water partition coefficient (Wildman–Crippen LogP) is 0.649. The lowest BCUT2D eigenvalue weighted by atomic mass is 10.2. The summed E-state index contributed by atoms with van der Waals surface area (Å²) >= 11 is 0. The molecule has 1 amide bonds. The number of rotatable bonds is 1. The molecule has 1 atom stereocenters. The smallest absolute Gasteiger partial charge is 0.219 e. The van der Waals surface area contributed by atoms with Crippen molar-refractivity contribution in [1.82, 2.24) is 5.32 Å². The van der Waals surface area contributed by atoms with Crippen LogP contribution in [-0.2, 0) is 9.53 Å². The van der Waals surface area contributed by atoms with E-state index in [1.54, 1.807) is 0 Å². The van der Waals surface area contributed by atoms with Crippen molar-refractivity contribution in [3.63, 3.8) is 0 Å². The summed E-state index contributed by atoms with van der Waals surface area (Å²) in [5.41, 5.74) is -0.383. The number of carbonyl (C=O) groups is 1. The van der Waals surface area contributed by atoms with Gasteiger partial charge in [-0.15, -0.1) is 0 Å². The maximum Gasteiger partial charge on any atom is 0.219 e. The first-order valence-electron chi connectivity index (χ1n) is 3.55. The van der Waals surface area contributed by atoms with Gasteiger partial charge in [-0.3, -0.25) is 4.79 Å². The number of nitrogens with one attached hydrogen (secondary N) is 1. The number of ether oxygens (including phenoxy) is 1. The molecule has 0 aliphatic carbocycles. The summed E-state index contributed by atoms with van der Waals surface area (Å²) in [6.45, 7) is 4.17. The van der Waals surface area contributed by atoms with Gasteiger partial charge >= 0.3 is 0 Å². The summed E-state index contributed by atoms with van der Waals surface area (Å²) in [6, 6.07) is 0. The Bertz CT molecular complexity index is 139. The van der Waals surface area contributed by atoms with Crippen LogP contribution in [0.4, 0.5) is 0 Å². The lowest BCUT2D eigenvalue weighted by Crippen LogP contribution is -2.44. The number of amides is 1. The second-order valence-electron chi connectivity index (χ2n) is 2.86. The number of hydrogen-bond donors (Lipinski definition) is 1. The van der Waals surface area contributed by atoms with E-state index in [1.807, 2.05) is 6.92 Å². The molecule has 10 heavy (non-hydrogen) atoms. The fourth-order valence-electron chi connectivity index (χ4n) is 1.25. The van der Waals surface area contributed by atoms with E-state index in [1.165, 1.54) is 6.92 Å². The third kappa shape index (κ3) is 1.70. The molecule has 1 aliphatic rings. The Balaban J connectivity index is 2.43. The average Bonchev–Trinajstić information content (AvgIpc) is 2.12. The molecule has 0 aromatic heterocycles. The van der Waals surface area contributed by atoms with Gasteiger partial charge in [-0.2, -0.15) is 0 Å². The van der Waals surface area contributed by atoms with E-state index in [0.717, 1.165) is 19.4 Å². The van der Waals surface area contributed by atoms with Gasteiger partial charge < -0.3 is 10.1 Å². The predicted molar refractivity (Wildman–Crippen MR) is 37.4 cm³/mol. The molecule has 0 saturated carbocycles. The highest BCUT2D eigenvalue weighted by atomic mass is 16.5. The van der Waals surface area contributed by atoms with E-state index < -0.39 is 0 Å². The number of carbonyl (C=O) groups excluding carboxylic acids is 1. The maximum atomic E-state index is 10.6. The zero-order valence-electron chi connectivity index (χ0n) is 6.44. The Kier molecular flexibility index (Phi) is 1.94. The van der Waals surface area contributed by atoms with Crippen LogP contribution in [0, 0.1) is 0 Å². The highest BCUT2D eigenvalue weighted by molar-refractivity contribution is 5.73. The summed E-state index contributed by atoms with van der Waals surface area (Å²) in [6.07, 6.45) is 1.96. The summed E-state index contributed by atoms with van der Waals surface area (Å²) in [5, 5.41) is 2.76. The van der Waals surface area contributed by atoms with Crippen LogP contribution in [0.3, 0.4) is 0 Å². The van der Waals surface area contributed by atoms with E-state index >= 15 is 0 Å². The third-order valence-electron chi connectivity index (χ3n) is 1.66. The van der Waals surface area contributed by atoms with Crippen molar-refractivity contribution in [3.8, 4) is 0 Å². The molecule has 1 aliphatic heterocycles. The molecule has 1 unspecified atom stereocenters. The van der Waals surface area contributed by atoms with Crippen molar-refractivity contribution in [1.29, 1.82) is 0 Å². The van der Waals surface area contributed by atoms with Crippen LogP contribution < -0.4 is 5.32 Å². The molecule has 3 nitrogen and oxygen atoms in total. The highest BCUT2D eigenvalue weighted by Gasteiger charge is 2.29. The minimum atomic E-state index is -0.383. The van der Waals surface area contributed by atoms with Crippen LogP contribution >= 0.6 is 0 Å². The fraction of sp³-hybridized carbons (Fsp3) is 0.857. The molecule has 0 spiro atoms. The highest BCUT2D eigenvalue weighted by Crippen LogP contribution is 2.21. The summed E-state index contributed by atoms with van der Waals surface area (Å²) in [5.74, 6) is -0.0237. The Morgan fingerprint density at radius 2 is 2.40 bits per heavy atom. The summed E-state index contributed by atoms with van der Waals surface area (Å²) in [7, 11) is 0. The molecule has 0 aromatic carbocycles. The molecule has 0 bridgehead atoms. The topological polar surface area (TPSA) is 38.3 Å². The van der Waals surface area contributed by atoms with E-state index in [4.69, 9.17) is 4.74 Å². The molecule has 1 saturated heterocycles. The maximum absolute atomic E-state index is 10.6. The Hall–Kier alpha value is -0.570. The lowest BCUT2D eigenvalue weighted by Gasteiger charge is -2.23. The third-order valence-corrected chi connectivity index (χ3v) is 1.66. The molecule has 1 heterocycles. The molecule has 1 N–H and O–H groups in total. The van der Waals surface area contributed by atoms with Crippen LogP contribution in [0.5, 0.6) is 0 Å². The van der Waals surface area contributed by atoms with Crippen molar-refractivity contribution in [2.24, 2.45) is 0 Å². The van der Waals surface area contributed by atoms with Gasteiger partial charge in [0, 0.05) is 13.5 Å². The molecular weight excluding hydrogens is 130 g/mol. The second-order valence-corrected chi connectivity index (χ2v) is 2.86. The molecule has 0 aromatic rings. The molecule has 58 valence electrons. The lowest BCUT2D eigenvalue weighted by molar-refractivity contribution is -0.126. The molecule has 1 fully saturated rings. The van der Waals surface area contributed by atoms with Gasteiger partial charge in [0.2, 0.25) is 5.91 Å². The van der Waals surface area contributed by atoms with Crippen molar-refractivity contribution in [2.45, 2.75) is 32.4 Å². The van der Waals surface area contributed by atoms with Crippen molar-refractivity contribution < 1.29 is 9.53 Å². The van der Waals surface area contributed by atoms with Crippen molar-refractivity contribution in [2.75, 3.05) is 6.61 Å². The van der Waals surface area contributed by atoms with Gasteiger partial charge in [-0.25, -0.2) is 0 Å². The van der Waals surface area contributed by atoms with Crippen LogP contribution in [0.2, 0.25) is 0 Å². The second kappa shape index (κ2) is 2.58. The van der Waals surface area contributed by atoms with Crippen LogP contribution in [0.1, 0.15) is 26.7 Å². The monoisotopic (exact) mass is 143 g/mol. The first kappa shape index (κ1) is 7.54. The van der Waals surface area contributed by atoms with Gasteiger partial charge in [0.15, 0.2) is 0 Å². The quantitative estimate of drug-likeness (QED) is 0.585. The van der Waals surface area contributed by atoms with Crippen LogP contribution in [-0.4, -0.2) is 18.2 Å². The van der Waals surface area contributed by atoms with E-state index in [0.29, 0.717) is 0 Å². The van der Waals surface area contributed by atoms with Crippen molar-refractivity contribution in [3.05, 3.63) is 0 Å². The molecule has 3 heteroatoms. The van der Waals surface area contributed by atoms with Crippen molar-refractivity contribution >= 4 is 5.91 Å². The first-order valence-corrected chi connectivity index (χ1v) is 3.55. The zero-order valence-corrected chi connectivity index (χ0v) is 6.44. The molecule has 0 radical (unpaired) electrons. The largest absolute Gasteiger partial charge is 0.356 e. The Labute approximate surface area is 60.7 Å². The Morgan fingerprint density at radius 1 is 1.70 bits per heavy atom. The average molecular weight is 143 g/mol. The van der Waals surface area contributed by atoms with Crippen LogP contribution in [0.15, 0.2) is 0 Å². The Morgan fingerprint density at radius 3 is 2.80 bits per heavy atom. The SMILES string of the molecule is CC(=O)NC1(C)CCCO1. The minimum absolute atomic E-state index is 0.0237. The van der Waals surface area contributed by atoms with Gasteiger partial charge in [0.1, 0.15) is 5.72 Å². The van der Waals surface area contributed by atoms with E-state index in [9.17, 15) is 4.79 Å². The zero-order chi connectivity index (χ0) is 7.61. The van der Waals surface area contributed by atoms with E-state index in [2.05, 4.69) is 5.32 Å². The molecule has 1 rings (SSSR count). The standard InChI is InChI=1S/C7H13NO2/c1-6(9)8-7(2)4-3-5-10-7/h3-5H2,1-2H3,(H,8,9). The van der Waals surface area contributed by atoms with E-state index in [-0.39, 0.29) is 11.6 Å². The van der Waals surface area contributed by atoms with Gasteiger partial charge in [-0.05, 0) is 19.8 Å². The fourth-order valence-corrected chi connectivity index (χ4v) is 1.25. The number of hydrogen-bond acceptors (Lipinski definition) is 2. The van der Waals surface area contributed by atoms with Gasteiger partial charge in [-0.1, -0.05) is 0 Å². The summed E-state index contributed by atoms with van der Waals surface area (Å²) in [4.78, 5) is 10.6. The molecular formula is C7H13NO2. The van der Waals surface area contributed by atoms with Crippen LogP contribution in [0.25, 0.3) is 0 Å². The van der Waals surface area contributed by atoms with Gasteiger partial charge in [0.05, 0.1) is 0 Å². The summed E-state index contributed by atoms with van der Waals surface area (Å²) < 4.78 is 5.32. The minimum Gasteiger partial charge on any atom is -0.356 e. The first-order chi connectivity index (χ1) is 4.62. The van der Waals surface area contributed by atoms with Gasteiger partial charge in [0.25, 0.3) is 0 Å².